The molecule has 0 aromatic carbocycles. The summed E-state index contributed by atoms with van der Waals surface area (Å²) >= 11 is 0. The molecule has 0 bridgehead atoms. The fourth-order valence-corrected chi connectivity index (χ4v) is 5.72. The van der Waals surface area contributed by atoms with E-state index in [9.17, 15) is 5.11 Å². The van der Waals surface area contributed by atoms with Crippen LogP contribution in [0, 0.1) is 0 Å². The average molecular weight is 555 g/mol. The number of ether oxygens (including phenoxy) is 12. The number of methoxy groups -OCH3 is 7. The van der Waals surface area contributed by atoms with Crippen LogP contribution in [0.5, 0.6) is 0 Å². The second-order valence-electron chi connectivity index (χ2n) is 9.75. The molecule has 0 saturated carbocycles. The zero-order valence-corrected chi connectivity index (χ0v) is 24.0. The first-order chi connectivity index (χ1) is 18.2. The van der Waals surface area contributed by atoms with E-state index in [0.29, 0.717) is 0 Å². The highest BCUT2D eigenvalue weighted by atomic mass is 16.8. The van der Waals surface area contributed by atoms with Crippen LogP contribution in [0.4, 0.5) is 0 Å². The van der Waals surface area contributed by atoms with Crippen molar-refractivity contribution in [2.75, 3.05) is 49.8 Å². The first-order valence-electron chi connectivity index (χ1n) is 12.9. The molecule has 1 N–H and O–H groups in total. The van der Waals surface area contributed by atoms with Gasteiger partial charge in [0.25, 0.3) is 0 Å². The summed E-state index contributed by atoms with van der Waals surface area (Å²) in [5, 5.41) is 10.3. The van der Waals surface area contributed by atoms with Gasteiger partial charge in [-0.2, -0.15) is 0 Å². The van der Waals surface area contributed by atoms with Crippen LogP contribution in [0.15, 0.2) is 0 Å². The summed E-state index contributed by atoms with van der Waals surface area (Å²) in [6.07, 6.45) is -9.38. The topological polar surface area (TPSA) is 131 Å². The summed E-state index contributed by atoms with van der Waals surface area (Å²) < 4.78 is 70.7. The number of hydrogen-bond acceptors (Lipinski definition) is 13. The van der Waals surface area contributed by atoms with E-state index in [1.807, 2.05) is 13.8 Å². The fraction of sp³-hybridized carbons (Fsp3) is 1.00. The Morgan fingerprint density at radius 3 is 1.11 bits per heavy atom. The van der Waals surface area contributed by atoms with E-state index in [2.05, 4.69) is 0 Å². The van der Waals surface area contributed by atoms with Gasteiger partial charge in [-0.15, -0.1) is 0 Å². The van der Waals surface area contributed by atoms with Crippen LogP contribution in [0.1, 0.15) is 20.8 Å². The summed E-state index contributed by atoms with van der Waals surface area (Å²) in [5.74, 6) is 0. The molecule has 0 aromatic rings. The highest BCUT2D eigenvalue weighted by Gasteiger charge is 2.54. The highest BCUT2D eigenvalue weighted by Crippen LogP contribution is 2.35. The summed E-state index contributed by atoms with van der Waals surface area (Å²) in [4.78, 5) is 0. The van der Waals surface area contributed by atoms with Gasteiger partial charge in [0.1, 0.15) is 54.9 Å². The maximum absolute atomic E-state index is 10.3. The molecule has 13 heteroatoms. The van der Waals surface area contributed by atoms with Crippen molar-refractivity contribution in [3.63, 3.8) is 0 Å². The van der Waals surface area contributed by atoms with E-state index < -0.39 is 79.9 Å². The minimum Gasteiger partial charge on any atom is -0.376 e. The second-order valence-corrected chi connectivity index (χ2v) is 9.75. The number of rotatable bonds is 11. The Bertz CT molecular complexity index is 700. The Morgan fingerprint density at radius 2 is 0.711 bits per heavy atom. The lowest BCUT2D eigenvalue weighted by atomic mass is 9.96. The van der Waals surface area contributed by atoms with Gasteiger partial charge in [-0.25, -0.2) is 0 Å². The SMILES string of the molecule is COC1C(C)OC(OC2C(C)OC(OC3C(C)OC(O)C(OC)C3OC)C(OC)C2OC)C(OC)C1OC. The molecule has 0 radical (unpaired) electrons. The largest absolute Gasteiger partial charge is 0.376 e. The second kappa shape index (κ2) is 14.4. The molecular formula is C25H46O13. The molecule has 3 saturated heterocycles. The van der Waals surface area contributed by atoms with Crippen molar-refractivity contribution in [3.8, 4) is 0 Å². The van der Waals surface area contributed by atoms with E-state index in [4.69, 9.17) is 56.8 Å². The van der Waals surface area contributed by atoms with Crippen LogP contribution in [0.25, 0.3) is 0 Å². The number of aliphatic hydroxyl groups is 1. The maximum Gasteiger partial charge on any atom is 0.187 e. The third-order valence-corrected chi connectivity index (χ3v) is 7.69. The molecule has 15 atom stereocenters. The van der Waals surface area contributed by atoms with E-state index in [1.54, 1.807) is 42.5 Å². The van der Waals surface area contributed by atoms with Crippen molar-refractivity contribution < 1.29 is 61.9 Å². The fourth-order valence-electron chi connectivity index (χ4n) is 5.72. The Labute approximate surface area is 225 Å². The van der Waals surface area contributed by atoms with Gasteiger partial charge in [-0.3, -0.25) is 0 Å². The Kier molecular flexibility index (Phi) is 12.1. The van der Waals surface area contributed by atoms with Gasteiger partial charge in [0.2, 0.25) is 0 Å². The van der Waals surface area contributed by atoms with Gasteiger partial charge >= 0.3 is 0 Å². The van der Waals surface area contributed by atoms with E-state index in [0.717, 1.165) is 0 Å². The minimum absolute atomic E-state index is 0.320. The van der Waals surface area contributed by atoms with Crippen LogP contribution < -0.4 is 0 Å². The predicted molar refractivity (Wildman–Crippen MR) is 131 cm³/mol. The molecule has 15 unspecified atom stereocenters. The lowest BCUT2D eigenvalue weighted by molar-refractivity contribution is -0.377. The van der Waals surface area contributed by atoms with Gasteiger partial charge in [-0.05, 0) is 20.8 Å². The van der Waals surface area contributed by atoms with Crippen LogP contribution >= 0.6 is 0 Å². The molecule has 0 aromatic heterocycles. The molecule has 3 fully saturated rings. The molecule has 3 heterocycles. The van der Waals surface area contributed by atoms with Crippen molar-refractivity contribution in [2.45, 2.75) is 113 Å². The summed E-state index contributed by atoms with van der Waals surface area (Å²) in [7, 11) is 10.9. The first kappa shape index (κ1) is 32.0. The quantitative estimate of drug-likeness (QED) is 0.370. The smallest absolute Gasteiger partial charge is 0.187 e. The third kappa shape index (κ3) is 6.35. The number of aliphatic hydroxyl groups excluding tert-OH is 1. The monoisotopic (exact) mass is 554 g/mol. The van der Waals surface area contributed by atoms with Crippen molar-refractivity contribution in [2.24, 2.45) is 0 Å². The Balaban J connectivity index is 1.79. The lowest BCUT2D eigenvalue weighted by Gasteiger charge is -2.50. The van der Waals surface area contributed by atoms with Gasteiger partial charge < -0.3 is 61.9 Å². The number of hydrogen-bond donors (Lipinski definition) is 1. The molecule has 224 valence electrons. The molecular weight excluding hydrogens is 508 g/mol. The maximum atomic E-state index is 10.3. The molecule has 3 aliphatic rings. The van der Waals surface area contributed by atoms with E-state index in [-0.39, 0.29) is 12.2 Å². The average Bonchev–Trinajstić information content (AvgIpc) is 2.90. The Morgan fingerprint density at radius 1 is 0.395 bits per heavy atom. The minimum atomic E-state index is -1.16. The first-order valence-corrected chi connectivity index (χ1v) is 12.9. The molecule has 3 rings (SSSR count). The lowest BCUT2D eigenvalue weighted by Crippen LogP contribution is -2.66. The normalized spacial score (nSPS) is 48.2. The van der Waals surface area contributed by atoms with Gasteiger partial charge in [0.05, 0.1) is 18.3 Å². The standard InChI is InChI=1S/C25H46O13/c1-11-14(27-4)17(28-5)21(32-9)24(35-11)38-16-13(3)36-25(22(33-10)19(16)30-7)37-15-12(2)34-23(26)20(31-8)18(15)29-6/h11-26H,1-10H3. The van der Waals surface area contributed by atoms with Crippen LogP contribution in [-0.2, 0) is 56.8 Å². The van der Waals surface area contributed by atoms with Crippen LogP contribution in [-0.4, -0.2) is 147 Å². The zero-order valence-electron chi connectivity index (χ0n) is 24.0. The van der Waals surface area contributed by atoms with Crippen molar-refractivity contribution >= 4 is 0 Å². The van der Waals surface area contributed by atoms with Crippen LogP contribution in [0.3, 0.4) is 0 Å². The van der Waals surface area contributed by atoms with Gasteiger partial charge in [0, 0.05) is 49.8 Å². The molecule has 0 spiro atoms. The summed E-state index contributed by atoms with van der Waals surface area (Å²) in [6.45, 7) is 5.53. The molecule has 13 nitrogen and oxygen atoms in total. The van der Waals surface area contributed by atoms with E-state index >= 15 is 0 Å². The molecule has 38 heavy (non-hydrogen) atoms. The van der Waals surface area contributed by atoms with Crippen molar-refractivity contribution in [1.82, 2.24) is 0 Å². The summed E-state index contributed by atoms with van der Waals surface area (Å²) in [5.41, 5.74) is 0. The van der Waals surface area contributed by atoms with Crippen molar-refractivity contribution in [3.05, 3.63) is 0 Å². The molecule has 0 amide bonds. The highest BCUT2D eigenvalue weighted by molar-refractivity contribution is 4.97. The predicted octanol–water partition coefficient (Wildman–Crippen LogP) is 0.0885. The van der Waals surface area contributed by atoms with E-state index in [1.165, 1.54) is 14.2 Å². The molecule has 3 aliphatic heterocycles. The molecule has 0 aliphatic carbocycles. The Hall–Kier alpha value is -0.520. The van der Waals surface area contributed by atoms with Crippen LogP contribution in [0.2, 0.25) is 0 Å². The third-order valence-electron chi connectivity index (χ3n) is 7.69. The zero-order chi connectivity index (χ0) is 28.1. The van der Waals surface area contributed by atoms with Gasteiger partial charge in [-0.1, -0.05) is 0 Å². The van der Waals surface area contributed by atoms with Crippen molar-refractivity contribution in [1.29, 1.82) is 0 Å². The summed E-state index contributed by atoms with van der Waals surface area (Å²) in [6, 6.07) is 0. The van der Waals surface area contributed by atoms with Gasteiger partial charge in [0.15, 0.2) is 18.9 Å².